The van der Waals surface area contributed by atoms with Crippen LogP contribution in [-0.4, -0.2) is 41.4 Å². The lowest BCUT2D eigenvalue weighted by Gasteiger charge is -2.37. The summed E-state index contributed by atoms with van der Waals surface area (Å²) in [6.45, 7) is 4.03. The number of rotatable bonds is 7. The van der Waals surface area contributed by atoms with Crippen molar-refractivity contribution in [2.45, 2.75) is 38.3 Å². The first-order valence-corrected chi connectivity index (χ1v) is 8.40. The van der Waals surface area contributed by atoms with Crippen LogP contribution in [0.5, 0.6) is 0 Å². The molecule has 1 aromatic heterocycles. The number of carbonyl (C=O) groups is 1. The Labute approximate surface area is 164 Å². The number of halogens is 4. The number of amidine groups is 1. The van der Waals surface area contributed by atoms with Gasteiger partial charge < -0.3 is 20.2 Å². The van der Waals surface area contributed by atoms with E-state index in [1.165, 1.54) is 19.9 Å². The molecule has 0 bridgehead atoms. The first-order chi connectivity index (χ1) is 13.6. The lowest BCUT2D eigenvalue weighted by atomic mass is 9.84. The number of nitrogens with zero attached hydrogens (tertiary/aromatic N) is 2. The molecule has 29 heavy (non-hydrogen) atoms. The van der Waals surface area contributed by atoms with Crippen LogP contribution in [0.2, 0.25) is 0 Å². The quantitative estimate of drug-likeness (QED) is 0.526. The molecule has 1 aliphatic heterocycles. The van der Waals surface area contributed by atoms with Gasteiger partial charge in [-0.25, -0.2) is 27.5 Å². The van der Waals surface area contributed by atoms with Crippen molar-refractivity contribution in [1.29, 1.82) is 0 Å². The maximum atomic E-state index is 14.6. The molecule has 2 rings (SSSR count). The highest BCUT2D eigenvalue weighted by atomic mass is 19.1. The first kappa shape index (κ1) is 22.2. The predicted molar refractivity (Wildman–Crippen MR) is 96.6 cm³/mol. The van der Waals surface area contributed by atoms with E-state index in [0.29, 0.717) is 0 Å². The normalized spacial score (nSPS) is 25.2. The first-order valence-electron chi connectivity index (χ1n) is 8.40. The maximum absolute atomic E-state index is 14.6. The van der Waals surface area contributed by atoms with E-state index in [1.54, 1.807) is 0 Å². The molecule has 1 aromatic rings. The van der Waals surface area contributed by atoms with Crippen molar-refractivity contribution in [3.05, 3.63) is 53.7 Å². The molecule has 7 nitrogen and oxygen atoms in total. The van der Waals surface area contributed by atoms with Gasteiger partial charge in [0.15, 0.2) is 24.6 Å². The highest BCUT2D eigenvalue weighted by molar-refractivity contribution is 5.93. The zero-order chi connectivity index (χ0) is 21.8. The molecular formula is C18H20F4N4O3. The summed E-state index contributed by atoms with van der Waals surface area (Å²) in [7, 11) is 0. The number of aliphatic imine (C=N–C) groups is 1. The molecule has 0 aromatic carbocycles. The summed E-state index contributed by atoms with van der Waals surface area (Å²) >= 11 is 0. The van der Waals surface area contributed by atoms with Crippen LogP contribution in [0.3, 0.4) is 0 Å². The average molecular weight is 416 g/mol. The minimum atomic E-state index is -2.02. The van der Waals surface area contributed by atoms with Gasteiger partial charge in [-0.05, 0) is 26.0 Å². The van der Waals surface area contributed by atoms with Gasteiger partial charge in [0.1, 0.15) is 24.3 Å². The van der Waals surface area contributed by atoms with E-state index in [9.17, 15) is 22.4 Å². The van der Waals surface area contributed by atoms with Crippen LogP contribution in [0.1, 0.15) is 30.2 Å². The highest BCUT2D eigenvalue weighted by Gasteiger charge is 2.48. The summed E-state index contributed by atoms with van der Waals surface area (Å²) in [6.07, 6.45) is -0.461. The Morgan fingerprint density at radius 1 is 1.45 bits per heavy atom. The molecule has 0 radical (unpaired) electrons. The minimum Gasteiger partial charge on any atom is -0.456 e. The van der Waals surface area contributed by atoms with E-state index in [1.807, 2.05) is 0 Å². The molecule has 0 unspecified atom stereocenters. The molecule has 1 amide bonds. The molecule has 0 spiro atoms. The van der Waals surface area contributed by atoms with Crippen molar-refractivity contribution in [1.82, 2.24) is 10.3 Å². The third kappa shape index (κ3) is 4.84. The smallest absolute Gasteiger partial charge is 0.283 e. The number of hydrogen-bond acceptors (Lipinski definition) is 6. The van der Waals surface area contributed by atoms with Crippen LogP contribution in [0.15, 0.2) is 51.5 Å². The summed E-state index contributed by atoms with van der Waals surface area (Å²) in [6, 6.07) is -0.475. The molecule has 0 fully saturated rings. The van der Waals surface area contributed by atoms with E-state index in [2.05, 4.69) is 21.9 Å². The van der Waals surface area contributed by atoms with Gasteiger partial charge in [0.25, 0.3) is 11.9 Å². The van der Waals surface area contributed by atoms with Crippen molar-refractivity contribution in [3.8, 4) is 0 Å². The van der Waals surface area contributed by atoms with E-state index in [-0.39, 0.29) is 22.9 Å². The van der Waals surface area contributed by atoms with Crippen molar-refractivity contribution < 1.29 is 31.5 Å². The standard InChI is InChI=1S/C18H20F4N4O3/c1-9(24-16(27)12-8-28-14(7-20)25-12)4-5-11(21)10(2)18(3)15(22)13(6-19)29-17(23)26-18/h4-5,8,13,15H,2,6-7H2,1,3H3,(H2,23,26)(H,24,27)/b9-4+,11-5+/t13-,15+,18-/m1/s1. The Balaban J connectivity index is 2.13. The fraction of sp³-hybridized carbons (Fsp3) is 0.389. The number of alkyl halides is 3. The Morgan fingerprint density at radius 3 is 2.72 bits per heavy atom. The second kappa shape index (κ2) is 8.93. The SMILES string of the molecule is C=C(/C(F)=C\C=C(/C)NC(=O)c1coc(CF)n1)[C@@]1(C)N=C(N)O[C@H](CF)[C@@H]1F. The van der Waals surface area contributed by atoms with Crippen LogP contribution in [0, 0.1) is 0 Å². The van der Waals surface area contributed by atoms with Gasteiger partial charge >= 0.3 is 0 Å². The van der Waals surface area contributed by atoms with E-state index < -0.39 is 48.9 Å². The lowest BCUT2D eigenvalue weighted by molar-refractivity contribution is 0.0176. The van der Waals surface area contributed by atoms with E-state index >= 15 is 0 Å². The van der Waals surface area contributed by atoms with Crippen molar-refractivity contribution in [2.24, 2.45) is 10.7 Å². The Morgan fingerprint density at radius 2 is 2.14 bits per heavy atom. The molecule has 0 aliphatic carbocycles. The Bertz CT molecular complexity index is 880. The zero-order valence-corrected chi connectivity index (χ0v) is 15.7. The number of nitrogens with two attached hydrogens (primary N) is 1. The predicted octanol–water partition coefficient (Wildman–Crippen LogP) is 2.97. The van der Waals surface area contributed by atoms with Crippen LogP contribution in [0.4, 0.5) is 17.6 Å². The van der Waals surface area contributed by atoms with Gasteiger partial charge in [-0.15, -0.1) is 0 Å². The number of ether oxygens (including phenoxy) is 1. The van der Waals surface area contributed by atoms with Gasteiger partial charge in [0, 0.05) is 11.3 Å². The average Bonchev–Trinajstić information content (AvgIpc) is 3.17. The molecule has 2 heterocycles. The number of carbonyl (C=O) groups excluding carboxylic acids is 1. The summed E-state index contributed by atoms with van der Waals surface area (Å²) in [4.78, 5) is 19.3. The topological polar surface area (TPSA) is 103 Å². The van der Waals surface area contributed by atoms with E-state index in [0.717, 1.165) is 12.3 Å². The molecule has 11 heteroatoms. The number of oxazole rings is 1. The number of nitrogens with one attached hydrogen (secondary N) is 1. The second-order valence-corrected chi connectivity index (χ2v) is 6.37. The van der Waals surface area contributed by atoms with Crippen molar-refractivity contribution in [3.63, 3.8) is 0 Å². The summed E-state index contributed by atoms with van der Waals surface area (Å²) in [5.74, 6) is -1.91. The van der Waals surface area contributed by atoms with Gasteiger partial charge in [-0.3, -0.25) is 4.79 Å². The number of aromatic nitrogens is 1. The fourth-order valence-electron chi connectivity index (χ4n) is 2.54. The van der Waals surface area contributed by atoms with Crippen molar-refractivity contribution in [2.75, 3.05) is 6.67 Å². The molecule has 1 aliphatic rings. The van der Waals surface area contributed by atoms with Gasteiger partial charge in [-0.1, -0.05) is 6.58 Å². The third-order valence-corrected chi connectivity index (χ3v) is 4.22. The third-order valence-electron chi connectivity index (χ3n) is 4.22. The Kier molecular flexibility index (Phi) is 6.83. The molecule has 158 valence electrons. The van der Waals surface area contributed by atoms with Crippen LogP contribution >= 0.6 is 0 Å². The number of amides is 1. The summed E-state index contributed by atoms with van der Waals surface area (Å²) < 4.78 is 64.0. The van der Waals surface area contributed by atoms with Gasteiger partial charge in [0.2, 0.25) is 5.89 Å². The van der Waals surface area contributed by atoms with Crippen molar-refractivity contribution >= 4 is 11.9 Å². The second-order valence-electron chi connectivity index (χ2n) is 6.37. The molecule has 0 saturated heterocycles. The molecule has 0 saturated carbocycles. The van der Waals surface area contributed by atoms with Crippen LogP contribution in [-0.2, 0) is 11.4 Å². The minimum absolute atomic E-state index is 0.156. The monoisotopic (exact) mass is 416 g/mol. The van der Waals surface area contributed by atoms with Crippen LogP contribution in [0.25, 0.3) is 0 Å². The van der Waals surface area contributed by atoms with Crippen LogP contribution < -0.4 is 11.1 Å². The maximum Gasteiger partial charge on any atom is 0.283 e. The number of hydrogen-bond donors (Lipinski definition) is 2. The fourth-order valence-corrected chi connectivity index (χ4v) is 2.54. The Hall–Kier alpha value is -3.11. The molecule has 3 atom stereocenters. The molecule has 3 N–H and O–H groups in total. The van der Waals surface area contributed by atoms with E-state index in [4.69, 9.17) is 14.9 Å². The van der Waals surface area contributed by atoms with Gasteiger partial charge in [0.05, 0.1) is 0 Å². The largest absolute Gasteiger partial charge is 0.456 e. The summed E-state index contributed by atoms with van der Waals surface area (Å²) in [5, 5.41) is 2.39. The zero-order valence-electron chi connectivity index (χ0n) is 15.7. The summed E-state index contributed by atoms with van der Waals surface area (Å²) in [5.41, 5.74) is 3.23. The number of allylic oxidation sites excluding steroid dienone is 3. The highest BCUT2D eigenvalue weighted by Crippen LogP contribution is 2.37. The van der Waals surface area contributed by atoms with Gasteiger partial charge in [-0.2, -0.15) is 0 Å². The molecular weight excluding hydrogens is 396 g/mol. The lowest BCUT2D eigenvalue weighted by Crippen LogP contribution is -2.52.